The van der Waals surface area contributed by atoms with Gasteiger partial charge in [-0.15, -0.1) is 0 Å². The number of aromatic nitrogens is 1. The zero-order chi connectivity index (χ0) is 22.1. The van der Waals surface area contributed by atoms with E-state index in [1.807, 2.05) is 45.0 Å². The van der Waals surface area contributed by atoms with Crippen LogP contribution in [-0.4, -0.2) is 76.2 Å². The van der Waals surface area contributed by atoms with E-state index >= 15 is 0 Å². The Morgan fingerprint density at radius 3 is 2.77 bits per heavy atom. The Morgan fingerprint density at radius 2 is 2.03 bits per heavy atom. The van der Waals surface area contributed by atoms with Crippen LogP contribution in [0.25, 0.3) is 11.3 Å². The van der Waals surface area contributed by atoms with Gasteiger partial charge in [0.15, 0.2) is 17.8 Å². The van der Waals surface area contributed by atoms with E-state index in [0.717, 1.165) is 11.1 Å². The summed E-state index contributed by atoms with van der Waals surface area (Å²) in [6.07, 6.45) is 1.70. The van der Waals surface area contributed by atoms with Crippen molar-refractivity contribution in [1.82, 2.24) is 19.7 Å². The van der Waals surface area contributed by atoms with Gasteiger partial charge in [-0.2, -0.15) is 0 Å². The number of hydrogen-bond donors (Lipinski definition) is 0. The molecule has 164 valence electrons. The molecule has 1 unspecified atom stereocenters. The van der Waals surface area contributed by atoms with Gasteiger partial charge in [-0.3, -0.25) is 14.4 Å². The number of amides is 3. The van der Waals surface area contributed by atoms with Crippen LogP contribution < -0.4 is 0 Å². The predicted octanol–water partition coefficient (Wildman–Crippen LogP) is 2.19. The first kappa shape index (κ1) is 21.1. The van der Waals surface area contributed by atoms with Crippen molar-refractivity contribution in [1.29, 1.82) is 0 Å². The summed E-state index contributed by atoms with van der Waals surface area (Å²) in [7, 11) is 0. The number of hydrogen-bond acceptors (Lipinski definition) is 5. The maximum atomic E-state index is 13.3. The molecule has 1 aromatic carbocycles. The van der Waals surface area contributed by atoms with Gasteiger partial charge in [0.1, 0.15) is 6.04 Å². The Morgan fingerprint density at radius 1 is 1.23 bits per heavy atom. The lowest BCUT2D eigenvalue weighted by Crippen LogP contribution is -2.60. The SMILES string of the molecule is Cc1cccc(-c2ocnc2C(=O)N2CCC3C(=O)N(CC(C)C)CC(=O)N3CC2)c1. The van der Waals surface area contributed by atoms with E-state index < -0.39 is 6.04 Å². The van der Waals surface area contributed by atoms with Gasteiger partial charge < -0.3 is 19.1 Å². The van der Waals surface area contributed by atoms with Gasteiger partial charge >= 0.3 is 0 Å². The van der Waals surface area contributed by atoms with Crippen molar-refractivity contribution in [2.45, 2.75) is 33.2 Å². The third kappa shape index (κ3) is 4.19. The van der Waals surface area contributed by atoms with E-state index in [1.165, 1.54) is 6.39 Å². The number of piperazine rings is 1. The molecule has 8 heteroatoms. The van der Waals surface area contributed by atoms with Gasteiger partial charge in [0.05, 0.1) is 6.54 Å². The minimum absolute atomic E-state index is 0.0236. The lowest BCUT2D eigenvalue weighted by atomic mass is 10.1. The standard InChI is InChI=1S/C23H28N4O4/c1-15(2)12-26-13-19(28)27-10-9-25(8-7-18(27)22(26)29)23(30)20-21(31-14-24-20)17-6-4-5-16(3)11-17/h4-6,11,14-15,18H,7-10,12-13H2,1-3H3. The topological polar surface area (TPSA) is 87.0 Å². The van der Waals surface area contributed by atoms with E-state index in [1.54, 1.807) is 14.7 Å². The minimum atomic E-state index is -0.508. The third-order valence-corrected chi connectivity index (χ3v) is 5.83. The summed E-state index contributed by atoms with van der Waals surface area (Å²) < 4.78 is 5.54. The van der Waals surface area contributed by atoms with Crippen LogP contribution >= 0.6 is 0 Å². The van der Waals surface area contributed by atoms with Crippen molar-refractivity contribution in [2.24, 2.45) is 5.92 Å². The van der Waals surface area contributed by atoms with Crippen LogP contribution in [0.15, 0.2) is 35.1 Å². The second-order valence-corrected chi connectivity index (χ2v) is 8.70. The number of oxazole rings is 1. The first-order chi connectivity index (χ1) is 14.8. The van der Waals surface area contributed by atoms with Crippen LogP contribution in [0.3, 0.4) is 0 Å². The van der Waals surface area contributed by atoms with Crippen molar-refractivity contribution in [2.75, 3.05) is 32.7 Å². The Balaban J connectivity index is 1.52. The molecule has 8 nitrogen and oxygen atoms in total. The minimum Gasteiger partial charge on any atom is -0.443 e. The van der Waals surface area contributed by atoms with E-state index in [9.17, 15) is 14.4 Å². The quantitative estimate of drug-likeness (QED) is 0.751. The average molecular weight is 425 g/mol. The van der Waals surface area contributed by atoms with Gasteiger partial charge in [0.25, 0.3) is 5.91 Å². The summed E-state index contributed by atoms with van der Waals surface area (Å²) in [6.45, 7) is 7.80. The first-order valence-corrected chi connectivity index (χ1v) is 10.7. The Kier molecular flexibility index (Phi) is 5.80. The zero-order valence-electron chi connectivity index (χ0n) is 18.2. The molecule has 0 saturated carbocycles. The Bertz CT molecular complexity index is 999. The molecule has 1 aromatic heterocycles. The van der Waals surface area contributed by atoms with Crippen LogP contribution in [0, 0.1) is 12.8 Å². The van der Waals surface area contributed by atoms with Crippen LogP contribution in [0.4, 0.5) is 0 Å². The summed E-state index contributed by atoms with van der Waals surface area (Å²) in [5.74, 6) is 0.403. The number of rotatable bonds is 4. The molecular weight excluding hydrogens is 396 g/mol. The fourth-order valence-corrected chi connectivity index (χ4v) is 4.37. The molecule has 2 saturated heterocycles. The molecule has 2 aliphatic heterocycles. The molecule has 2 fully saturated rings. The molecule has 2 aliphatic rings. The molecule has 3 amide bonds. The molecular formula is C23H28N4O4. The van der Waals surface area contributed by atoms with Gasteiger partial charge in [0, 0.05) is 31.7 Å². The molecule has 0 bridgehead atoms. The second kappa shape index (κ2) is 8.53. The lowest BCUT2D eigenvalue weighted by Gasteiger charge is -2.39. The molecule has 3 heterocycles. The Hall–Kier alpha value is -3.16. The van der Waals surface area contributed by atoms with Crippen molar-refractivity contribution in [3.63, 3.8) is 0 Å². The number of aryl methyl sites for hydroxylation is 1. The zero-order valence-corrected chi connectivity index (χ0v) is 18.2. The fraction of sp³-hybridized carbons (Fsp3) is 0.478. The highest BCUT2D eigenvalue weighted by Gasteiger charge is 2.41. The molecule has 0 N–H and O–H groups in total. The van der Waals surface area contributed by atoms with Crippen LogP contribution in [-0.2, 0) is 9.59 Å². The number of fused-ring (bicyclic) bond motifs is 1. The van der Waals surface area contributed by atoms with Gasteiger partial charge in [-0.1, -0.05) is 37.6 Å². The number of benzene rings is 1. The predicted molar refractivity (Wildman–Crippen MR) is 114 cm³/mol. The second-order valence-electron chi connectivity index (χ2n) is 8.70. The smallest absolute Gasteiger partial charge is 0.276 e. The average Bonchev–Trinajstić information content (AvgIpc) is 3.10. The van der Waals surface area contributed by atoms with Crippen molar-refractivity contribution < 1.29 is 18.8 Å². The van der Waals surface area contributed by atoms with E-state index in [2.05, 4.69) is 4.98 Å². The molecule has 31 heavy (non-hydrogen) atoms. The largest absolute Gasteiger partial charge is 0.443 e. The highest BCUT2D eigenvalue weighted by atomic mass is 16.3. The molecule has 0 radical (unpaired) electrons. The summed E-state index contributed by atoms with van der Waals surface area (Å²) in [5, 5.41) is 0. The number of carbonyl (C=O) groups is 3. The van der Waals surface area contributed by atoms with Gasteiger partial charge in [-0.05, 0) is 25.3 Å². The number of carbonyl (C=O) groups excluding carboxylic acids is 3. The van der Waals surface area contributed by atoms with Crippen molar-refractivity contribution in [3.05, 3.63) is 41.9 Å². The van der Waals surface area contributed by atoms with Crippen molar-refractivity contribution in [3.8, 4) is 11.3 Å². The summed E-state index contributed by atoms with van der Waals surface area (Å²) in [5.41, 5.74) is 2.11. The first-order valence-electron chi connectivity index (χ1n) is 10.7. The Labute approximate surface area is 181 Å². The van der Waals surface area contributed by atoms with Crippen LogP contribution in [0.2, 0.25) is 0 Å². The molecule has 0 spiro atoms. The van der Waals surface area contributed by atoms with Gasteiger partial charge in [-0.25, -0.2) is 4.98 Å². The summed E-state index contributed by atoms with van der Waals surface area (Å²) in [4.78, 5) is 48.1. The van der Waals surface area contributed by atoms with E-state index in [4.69, 9.17) is 4.42 Å². The van der Waals surface area contributed by atoms with Crippen LogP contribution in [0.1, 0.15) is 36.3 Å². The fourth-order valence-electron chi connectivity index (χ4n) is 4.37. The van der Waals surface area contributed by atoms with E-state index in [-0.39, 0.29) is 30.0 Å². The summed E-state index contributed by atoms with van der Waals surface area (Å²) in [6, 6.07) is 7.20. The van der Waals surface area contributed by atoms with Crippen molar-refractivity contribution >= 4 is 17.7 Å². The summed E-state index contributed by atoms with van der Waals surface area (Å²) >= 11 is 0. The maximum Gasteiger partial charge on any atom is 0.276 e. The molecule has 2 aromatic rings. The highest BCUT2D eigenvalue weighted by molar-refractivity contribution is 5.98. The number of nitrogens with zero attached hydrogens (tertiary/aromatic N) is 4. The monoisotopic (exact) mass is 424 g/mol. The molecule has 4 rings (SSSR count). The molecule has 1 atom stereocenters. The maximum absolute atomic E-state index is 13.3. The normalized spacial score (nSPS) is 19.6. The highest BCUT2D eigenvalue weighted by Crippen LogP contribution is 2.26. The molecule has 0 aliphatic carbocycles. The van der Waals surface area contributed by atoms with E-state index in [0.29, 0.717) is 44.3 Å². The third-order valence-electron chi connectivity index (χ3n) is 5.83. The van der Waals surface area contributed by atoms with Crippen LogP contribution in [0.5, 0.6) is 0 Å². The van der Waals surface area contributed by atoms with Gasteiger partial charge in [0.2, 0.25) is 11.8 Å². The lowest BCUT2D eigenvalue weighted by molar-refractivity contribution is -0.156.